The van der Waals surface area contributed by atoms with Crippen molar-refractivity contribution in [3.05, 3.63) is 22.7 Å². The number of nitrogen functional groups attached to an aromatic ring is 1. The number of phosphoric acid groups is 3. The number of anilines is 1. The molecule has 2 rings (SSSR count). The van der Waals surface area contributed by atoms with Gasteiger partial charge in [0.1, 0.15) is 23.6 Å². The SMILES string of the molecule is NC[C@]1(COP(=O)(O)OP(=O)(O)OP(=O)(O)O)O[C@@H](n2ccc(N)nc2=O)[C@H](O)[C@@H]1O. The summed E-state index contributed by atoms with van der Waals surface area (Å²) in [6, 6.07) is 1.18. The van der Waals surface area contributed by atoms with E-state index >= 15 is 0 Å². The highest BCUT2D eigenvalue weighted by Gasteiger charge is 2.56. The molecule has 1 aromatic heterocycles. The van der Waals surface area contributed by atoms with Crippen LogP contribution in [0.15, 0.2) is 17.1 Å². The van der Waals surface area contributed by atoms with E-state index in [2.05, 4.69) is 18.1 Å². The highest BCUT2D eigenvalue weighted by atomic mass is 31.3. The van der Waals surface area contributed by atoms with Crippen LogP contribution in [0.25, 0.3) is 0 Å². The largest absolute Gasteiger partial charge is 0.490 e. The van der Waals surface area contributed by atoms with Crippen molar-refractivity contribution >= 4 is 29.3 Å². The second-order valence-electron chi connectivity index (χ2n) is 6.12. The van der Waals surface area contributed by atoms with Crippen LogP contribution in [-0.4, -0.2) is 70.3 Å². The molecule has 0 aliphatic carbocycles. The molecule has 1 aliphatic heterocycles. The van der Waals surface area contributed by atoms with Gasteiger partial charge >= 0.3 is 29.2 Å². The second-order valence-corrected chi connectivity index (χ2v) is 10.5. The average molecular weight is 512 g/mol. The van der Waals surface area contributed by atoms with Crippen LogP contribution in [0.4, 0.5) is 5.82 Å². The van der Waals surface area contributed by atoms with Crippen molar-refractivity contribution in [2.45, 2.75) is 24.0 Å². The predicted molar refractivity (Wildman–Crippen MR) is 96.6 cm³/mol. The van der Waals surface area contributed by atoms with Crippen LogP contribution in [0, 0.1) is 0 Å². The Balaban J connectivity index is 2.20. The molecule has 18 nitrogen and oxygen atoms in total. The van der Waals surface area contributed by atoms with Crippen LogP contribution in [0.3, 0.4) is 0 Å². The first kappa shape index (κ1) is 26.2. The van der Waals surface area contributed by atoms with Gasteiger partial charge in [-0.3, -0.25) is 9.09 Å². The van der Waals surface area contributed by atoms with E-state index in [-0.39, 0.29) is 5.82 Å². The lowest BCUT2D eigenvalue weighted by molar-refractivity contribution is -0.121. The molecule has 1 fully saturated rings. The molecule has 21 heteroatoms. The van der Waals surface area contributed by atoms with Gasteiger partial charge < -0.3 is 46.0 Å². The van der Waals surface area contributed by atoms with Crippen LogP contribution in [0.5, 0.6) is 0 Å². The Labute approximate surface area is 172 Å². The standard InChI is InChI=1S/C10H19N4O14P3/c11-3-10(4-25-30(21,22)28-31(23,24)27-29(18,19)20)7(16)6(15)8(26-10)14-2-1-5(12)13-9(14)17/h1-2,6-8,15-16H,3-4,11H2,(H,21,22)(H,23,24)(H2,12,13,17)(H2,18,19,20)/t6-,7+,8-,10-/m1/s1. The van der Waals surface area contributed by atoms with Gasteiger partial charge in [0.15, 0.2) is 6.23 Å². The molecular weight excluding hydrogens is 493 g/mol. The minimum absolute atomic E-state index is 0.146. The maximum absolute atomic E-state index is 12.0. The Morgan fingerprint density at radius 1 is 1.16 bits per heavy atom. The third kappa shape index (κ3) is 6.47. The zero-order chi connectivity index (χ0) is 23.8. The summed E-state index contributed by atoms with van der Waals surface area (Å²) in [7, 11) is -16.9. The zero-order valence-electron chi connectivity index (χ0n) is 15.1. The first-order valence-electron chi connectivity index (χ1n) is 7.88. The second kappa shape index (κ2) is 9.05. The maximum Gasteiger partial charge on any atom is 0.490 e. The molecule has 1 aromatic rings. The van der Waals surface area contributed by atoms with Crippen molar-refractivity contribution in [2.24, 2.45) is 5.73 Å². The van der Waals surface area contributed by atoms with Gasteiger partial charge in [-0.05, 0) is 6.07 Å². The fourth-order valence-electron chi connectivity index (χ4n) is 2.53. The molecule has 1 saturated heterocycles. The smallest absolute Gasteiger partial charge is 0.387 e. The molecule has 6 atom stereocenters. The van der Waals surface area contributed by atoms with Gasteiger partial charge in [0.05, 0.1) is 6.61 Å². The third-order valence-corrected chi connectivity index (χ3v) is 7.65. The van der Waals surface area contributed by atoms with Gasteiger partial charge in [0.2, 0.25) is 0 Å². The van der Waals surface area contributed by atoms with Gasteiger partial charge in [-0.15, -0.1) is 0 Å². The summed E-state index contributed by atoms with van der Waals surface area (Å²) in [5, 5.41) is 20.6. The van der Waals surface area contributed by atoms with Gasteiger partial charge in [0, 0.05) is 12.7 Å². The Kier molecular flexibility index (Phi) is 7.65. The van der Waals surface area contributed by atoms with Crippen LogP contribution >= 0.6 is 23.5 Å². The zero-order valence-corrected chi connectivity index (χ0v) is 17.8. The number of hydrogen-bond donors (Lipinski definition) is 8. The molecular formula is C10H19N4O14P3. The summed E-state index contributed by atoms with van der Waals surface area (Å²) >= 11 is 0. The number of rotatable bonds is 9. The van der Waals surface area contributed by atoms with Gasteiger partial charge in [-0.25, -0.2) is 18.5 Å². The Hall–Kier alpha value is -1.07. The lowest BCUT2D eigenvalue weighted by Gasteiger charge is -2.30. The number of nitrogens with two attached hydrogens (primary N) is 2. The van der Waals surface area contributed by atoms with E-state index in [0.717, 1.165) is 10.8 Å². The molecule has 0 aromatic carbocycles. The molecule has 2 heterocycles. The van der Waals surface area contributed by atoms with Crippen molar-refractivity contribution in [3.63, 3.8) is 0 Å². The Morgan fingerprint density at radius 2 is 1.77 bits per heavy atom. The molecule has 31 heavy (non-hydrogen) atoms. The number of nitrogens with zero attached hydrogens (tertiary/aromatic N) is 2. The third-order valence-electron chi connectivity index (χ3n) is 3.87. The fourth-order valence-corrected chi connectivity index (χ4v) is 5.61. The number of aliphatic hydroxyl groups excluding tert-OH is 2. The fraction of sp³-hybridized carbons (Fsp3) is 0.600. The highest BCUT2D eigenvalue weighted by Crippen LogP contribution is 2.66. The molecule has 178 valence electrons. The average Bonchev–Trinajstić information content (AvgIpc) is 2.82. The summed E-state index contributed by atoms with van der Waals surface area (Å²) in [6.45, 7) is -1.83. The van der Waals surface area contributed by atoms with Crippen molar-refractivity contribution < 1.29 is 61.4 Å². The van der Waals surface area contributed by atoms with E-state index in [0.29, 0.717) is 0 Å². The summed E-state index contributed by atoms with van der Waals surface area (Å²) in [5.41, 5.74) is 7.76. The van der Waals surface area contributed by atoms with E-state index in [9.17, 15) is 33.6 Å². The first-order valence-corrected chi connectivity index (χ1v) is 12.4. The quantitative estimate of drug-likeness (QED) is 0.154. The Morgan fingerprint density at radius 3 is 2.29 bits per heavy atom. The monoisotopic (exact) mass is 512 g/mol. The van der Waals surface area contributed by atoms with Gasteiger partial charge in [-0.1, -0.05) is 0 Å². The van der Waals surface area contributed by atoms with Crippen LogP contribution in [0.1, 0.15) is 6.23 Å². The summed E-state index contributed by atoms with van der Waals surface area (Å²) in [5.74, 6) is -0.146. The number of hydrogen-bond acceptors (Lipinski definition) is 13. The molecule has 2 unspecified atom stereocenters. The van der Waals surface area contributed by atoms with Crippen molar-refractivity contribution in [2.75, 3.05) is 18.9 Å². The van der Waals surface area contributed by atoms with Crippen molar-refractivity contribution in [1.82, 2.24) is 9.55 Å². The summed E-state index contributed by atoms with van der Waals surface area (Å²) < 4.78 is 51.6. The van der Waals surface area contributed by atoms with Crippen molar-refractivity contribution in [3.8, 4) is 0 Å². The topological polar surface area (TPSA) is 296 Å². The van der Waals surface area contributed by atoms with Crippen LogP contribution in [-0.2, 0) is 31.6 Å². The van der Waals surface area contributed by atoms with E-state index in [1.807, 2.05) is 0 Å². The molecule has 0 spiro atoms. The van der Waals surface area contributed by atoms with Crippen molar-refractivity contribution in [1.29, 1.82) is 0 Å². The maximum atomic E-state index is 12.0. The lowest BCUT2D eigenvalue weighted by atomic mass is 9.96. The predicted octanol–water partition coefficient (Wildman–Crippen LogP) is -2.88. The molecule has 10 N–H and O–H groups in total. The highest BCUT2D eigenvalue weighted by molar-refractivity contribution is 7.66. The number of aliphatic hydroxyl groups is 2. The van der Waals surface area contributed by atoms with Crippen LogP contribution in [0.2, 0.25) is 0 Å². The Bertz CT molecular complexity index is 1010. The van der Waals surface area contributed by atoms with Gasteiger partial charge in [-0.2, -0.15) is 13.6 Å². The molecule has 0 amide bonds. The van der Waals surface area contributed by atoms with Crippen LogP contribution < -0.4 is 17.2 Å². The molecule has 0 radical (unpaired) electrons. The minimum atomic E-state index is -5.78. The molecule has 0 saturated carbocycles. The molecule has 0 bridgehead atoms. The van der Waals surface area contributed by atoms with E-state index in [1.54, 1.807) is 0 Å². The van der Waals surface area contributed by atoms with Gasteiger partial charge in [0.25, 0.3) is 0 Å². The number of phosphoric ester groups is 1. The molecule has 1 aliphatic rings. The van der Waals surface area contributed by atoms with E-state index in [4.69, 9.17) is 30.9 Å². The number of ether oxygens (including phenoxy) is 1. The summed E-state index contributed by atoms with van der Waals surface area (Å²) in [4.78, 5) is 51.1. The van der Waals surface area contributed by atoms with E-state index < -0.39 is 66.3 Å². The lowest BCUT2D eigenvalue weighted by Crippen LogP contribution is -2.52. The van der Waals surface area contributed by atoms with E-state index in [1.165, 1.54) is 6.07 Å². The minimum Gasteiger partial charge on any atom is -0.387 e. The number of aromatic nitrogens is 2. The first-order chi connectivity index (χ1) is 14.0. The normalized spacial score (nSPS) is 30.6. The summed E-state index contributed by atoms with van der Waals surface area (Å²) in [6.07, 6.45) is -4.25.